The standard InChI is InChI=1S/C9H11BrO2/c1-11-7-12-6-8-3-2-4-9(10)5-8/h2-5H,6-7H2,1H3. The summed E-state index contributed by atoms with van der Waals surface area (Å²) in [5.74, 6) is 0. The van der Waals surface area contributed by atoms with Crippen molar-refractivity contribution in [2.45, 2.75) is 6.61 Å². The van der Waals surface area contributed by atoms with Gasteiger partial charge in [0, 0.05) is 11.6 Å². The fourth-order valence-electron chi connectivity index (χ4n) is 0.870. The average molecular weight is 231 g/mol. The summed E-state index contributed by atoms with van der Waals surface area (Å²) in [6.07, 6.45) is 0. The first-order valence-corrected chi connectivity index (χ1v) is 4.43. The molecule has 0 heterocycles. The second kappa shape index (κ2) is 5.30. The molecule has 0 bridgehead atoms. The Morgan fingerprint density at radius 1 is 1.42 bits per heavy atom. The second-order valence-corrected chi connectivity index (χ2v) is 3.30. The van der Waals surface area contributed by atoms with Gasteiger partial charge in [-0.15, -0.1) is 0 Å². The highest BCUT2D eigenvalue weighted by Gasteiger charge is 1.92. The molecule has 0 aromatic heterocycles. The monoisotopic (exact) mass is 230 g/mol. The van der Waals surface area contributed by atoms with Gasteiger partial charge in [0.1, 0.15) is 6.79 Å². The van der Waals surface area contributed by atoms with Crippen molar-refractivity contribution in [3.63, 3.8) is 0 Å². The molecule has 0 aliphatic heterocycles. The van der Waals surface area contributed by atoms with Gasteiger partial charge in [-0.25, -0.2) is 0 Å². The highest BCUT2D eigenvalue weighted by Crippen LogP contribution is 2.12. The van der Waals surface area contributed by atoms with Crippen molar-refractivity contribution in [1.29, 1.82) is 0 Å². The van der Waals surface area contributed by atoms with Crippen molar-refractivity contribution in [3.8, 4) is 0 Å². The summed E-state index contributed by atoms with van der Waals surface area (Å²) < 4.78 is 11.0. The van der Waals surface area contributed by atoms with Gasteiger partial charge >= 0.3 is 0 Å². The van der Waals surface area contributed by atoms with Crippen molar-refractivity contribution in [3.05, 3.63) is 34.3 Å². The highest BCUT2D eigenvalue weighted by atomic mass is 79.9. The van der Waals surface area contributed by atoms with E-state index in [0.717, 1.165) is 10.0 Å². The molecule has 1 aromatic carbocycles. The number of ether oxygens (including phenoxy) is 2. The molecule has 12 heavy (non-hydrogen) atoms. The van der Waals surface area contributed by atoms with Crippen LogP contribution in [0.4, 0.5) is 0 Å². The molecule has 3 heteroatoms. The maximum Gasteiger partial charge on any atom is 0.146 e. The fraction of sp³-hybridized carbons (Fsp3) is 0.333. The fourth-order valence-corrected chi connectivity index (χ4v) is 1.32. The third kappa shape index (κ3) is 3.34. The number of methoxy groups -OCH3 is 1. The second-order valence-electron chi connectivity index (χ2n) is 2.38. The molecule has 0 unspecified atom stereocenters. The van der Waals surface area contributed by atoms with E-state index in [1.165, 1.54) is 0 Å². The number of halogens is 1. The van der Waals surface area contributed by atoms with Gasteiger partial charge in [0.05, 0.1) is 6.61 Å². The largest absolute Gasteiger partial charge is 0.359 e. The molecule has 0 atom stereocenters. The molecule has 0 saturated heterocycles. The minimum atomic E-state index is 0.340. The van der Waals surface area contributed by atoms with E-state index in [1.54, 1.807) is 7.11 Å². The normalized spacial score (nSPS) is 10.2. The van der Waals surface area contributed by atoms with Crippen LogP contribution in [0.2, 0.25) is 0 Å². The van der Waals surface area contributed by atoms with Crippen LogP contribution in [0.1, 0.15) is 5.56 Å². The summed E-state index contributed by atoms with van der Waals surface area (Å²) >= 11 is 3.38. The van der Waals surface area contributed by atoms with Crippen LogP contribution in [-0.4, -0.2) is 13.9 Å². The molecule has 0 N–H and O–H groups in total. The van der Waals surface area contributed by atoms with E-state index in [1.807, 2.05) is 24.3 Å². The third-order valence-electron chi connectivity index (χ3n) is 1.36. The van der Waals surface area contributed by atoms with Gasteiger partial charge in [0.2, 0.25) is 0 Å². The van der Waals surface area contributed by atoms with Crippen molar-refractivity contribution >= 4 is 15.9 Å². The summed E-state index contributed by atoms with van der Waals surface area (Å²) in [6, 6.07) is 8.01. The van der Waals surface area contributed by atoms with Crippen LogP contribution < -0.4 is 0 Å². The first-order chi connectivity index (χ1) is 5.83. The van der Waals surface area contributed by atoms with Crippen molar-refractivity contribution < 1.29 is 9.47 Å². The summed E-state index contributed by atoms with van der Waals surface area (Å²) in [4.78, 5) is 0. The van der Waals surface area contributed by atoms with Gasteiger partial charge in [0.25, 0.3) is 0 Å². The molecule has 0 amide bonds. The lowest BCUT2D eigenvalue weighted by Crippen LogP contribution is -1.96. The topological polar surface area (TPSA) is 18.5 Å². The van der Waals surface area contributed by atoms with Crippen molar-refractivity contribution in [1.82, 2.24) is 0 Å². The number of hydrogen-bond acceptors (Lipinski definition) is 2. The Kier molecular flexibility index (Phi) is 4.29. The zero-order valence-electron chi connectivity index (χ0n) is 6.92. The van der Waals surface area contributed by atoms with Gasteiger partial charge in [-0.05, 0) is 17.7 Å². The predicted molar refractivity (Wildman–Crippen MR) is 50.8 cm³/mol. The highest BCUT2D eigenvalue weighted by molar-refractivity contribution is 9.10. The lowest BCUT2D eigenvalue weighted by atomic mass is 10.2. The lowest BCUT2D eigenvalue weighted by Gasteiger charge is -2.02. The number of hydrogen-bond donors (Lipinski definition) is 0. The number of benzene rings is 1. The molecule has 0 radical (unpaired) electrons. The molecular formula is C9H11BrO2. The maximum atomic E-state index is 5.18. The van der Waals surface area contributed by atoms with Gasteiger partial charge in [-0.1, -0.05) is 28.1 Å². The van der Waals surface area contributed by atoms with Gasteiger partial charge in [-0.2, -0.15) is 0 Å². The first-order valence-electron chi connectivity index (χ1n) is 3.64. The van der Waals surface area contributed by atoms with Crippen LogP contribution in [0.25, 0.3) is 0 Å². The Balaban J connectivity index is 2.41. The minimum absolute atomic E-state index is 0.340. The van der Waals surface area contributed by atoms with E-state index >= 15 is 0 Å². The van der Waals surface area contributed by atoms with Crippen LogP contribution in [-0.2, 0) is 16.1 Å². The van der Waals surface area contributed by atoms with Crippen LogP contribution in [0.5, 0.6) is 0 Å². The summed E-state index contributed by atoms with van der Waals surface area (Å²) in [6.45, 7) is 0.930. The van der Waals surface area contributed by atoms with Crippen molar-refractivity contribution in [2.24, 2.45) is 0 Å². The SMILES string of the molecule is COCOCc1cccc(Br)c1. The minimum Gasteiger partial charge on any atom is -0.359 e. The molecule has 0 fully saturated rings. The van der Waals surface area contributed by atoms with Gasteiger partial charge in [0.15, 0.2) is 0 Å². The van der Waals surface area contributed by atoms with Gasteiger partial charge < -0.3 is 9.47 Å². The van der Waals surface area contributed by atoms with Gasteiger partial charge in [-0.3, -0.25) is 0 Å². The Labute approximate surface area is 80.6 Å². The zero-order valence-corrected chi connectivity index (χ0v) is 8.50. The molecule has 66 valence electrons. The van der Waals surface area contributed by atoms with Crippen LogP contribution >= 0.6 is 15.9 Å². The Bertz CT molecular complexity index is 238. The van der Waals surface area contributed by atoms with Crippen LogP contribution in [0.3, 0.4) is 0 Å². The quantitative estimate of drug-likeness (QED) is 0.585. The Hall–Kier alpha value is -0.380. The van der Waals surface area contributed by atoms with Crippen LogP contribution in [0.15, 0.2) is 28.7 Å². The predicted octanol–water partition coefficient (Wildman–Crippen LogP) is 2.57. The molecule has 0 saturated carbocycles. The van der Waals surface area contributed by atoms with E-state index in [9.17, 15) is 0 Å². The first kappa shape index (κ1) is 9.71. The summed E-state index contributed by atoms with van der Waals surface area (Å²) in [5.41, 5.74) is 1.14. The van der Waals surface area contributed by atoms with E-state index in [0.29, 0.717) is 13.4 Å². The number of rotatable bonds is 4. The Morgan fingerprint density at radius 2 is 2.25 bits per heavy atom. The third-order valence-corrected chi connectivity index (χ3v) is 1.85. The van der Waals surface area contributed by atoms with E-state index in [4.69, 9.17) is 9.47 Å². The zero-order chi connectivity index (χ0) is 8.81. The molecule has 0 aliphatic rings. The summed E-state index contributed by atoms with van der Waals surface area (Å²) in [7, 11) is 1.61. The van der Waals surface area contributed by atoms with E-state index in [2.05, 4.69) is 15.9 Å². The van der Waals surface area contributed by atoms with Crippen molar-refractivity contribution in [2.75, 3.05) is 13.9 Å². The summed E-state index contributed by atoms with van der Waals surface area (Å²) in [5, 5.41) is 0. The molecular weight excluding hydrogens is 220 g/mol. The lowest BCUT2D eigenvalue weighted by molar-refractivity contribution is -0.0390. The molecule has 1 aromatic rings. The smallest absolute Gasteiger partial charge is 0.146 e. The van der Waals surface area contributed by atoms with E-state index in [-0.39, 0.29) is 0 Å². The molecule has 1 rings (SSSR count). The van der Waals surface area contributed by atoms with Crippen LogP contribution in [0, 0.1) is 0 Å². The molecule has 2 nitrogen and oxygen atoms in total. The average Bonchev–Trinajstić information content (AvgIpc) is 2.05. The molecule has 0 spiro atoms. The van der Waals surface area contributed by atoms with E-state index < -0.39 is 0 Å². The molecule has 0 aliphatic carbocycles. The maximum absolute atomic E-state index is 5.18. The Morgan fingerprint density at radius 3 is 2.92 bits per heavy atom.